The molecule has 1 aliphatic carbocycles. The summed E-state index contributed by atoms with van der Waals surface area (Å²) in [6, 6.07) is 10.2. The molecular weight excluding hydrogens is 312 g/mol. The molecule has 0 spiro atoms. The van der Waals surface area contributed by atoms with Crippen LogP contribution in [0.3, 0.4) is 0 Å². The van der Waals surface area contributed by atoms with Gasteiger partial charge in [-0.15, -0.1) is 0 Å². The maximum atomic E-state index is 12.4. The number of benzene rings is 1. The molecule has 2 fully saturated rings. The molecule has 126 valence electrons. The van der Waals surface area contributed by atoms with E-state index >= 15 is 0 Å². The van der Waals surface area contributed by atoms with Crippen molar-refractivity contribution in [2.24, 2.45) is 0 Å². The van der Waals surface area contributed by atoms with Gasteiger partial charge in [0, 0.05) is 25.0 Å². The van der Waals surface area contributed by atoms with Crippen molar-refractivity contribution in [3.05, 3.63) is 35.9 Å². The van der Waals surface area contributed by atoms with Crippen molar-refractivity contribution in [1.82, 2.24) is 10.2 Å². The predicted molar refractivity (Wildman–Crippen MR) is 90.2 cm³/mol. The van der Waals surface area contributed by atoms with Gasteiger partial charge in [0.2, 0.25) is 0 Å². The number of amides is 2. The van der Waals surface area contributed by atoms with Crippen LogP contribution in [0.15, 0.2) is 30.3 Å². The number of rotatable bonds is 2. The molecule has 2 amide bonds. The van der Waals surface area contributed by atoms with Crippen LogP contribution in [-0.2, 0) is 9.84 Å². The van der Waals surface area contributed by atoms with Crippen LogP contribution in [0.4, 0.5) is 4.79 Å². The van der Waals surface area contributed by atoms with Gasteiger partial charge in [-0.3, -0.25) is 0 Å². The number of nitrogens with zero attached hydrogens (tertiary/aromatic N) is 1. The molecule has 23 heavy (non-hydrogen) atoms. The molecule has 3 rings (SSSR count). The highest BCUT2D eigenvalue weighted by Crippen LogP contribution is 2.40. The molecule has 1 saturated heterocycles. The molecule has 1 aromatic carbocycles. The number of nitrogens with one attached hydrogen (secondary N) is 1. The van der Waals surface area contributed by atoms with Gasteiger partial charge in [-0.2, -0.15) is 0 Å². The van der Waals surface area contributed by atoms with Crippen molar-refractivity contribution in [3.63, 3.8) is 0 Å². The van der Waals surface area contributed by atoms with Crippen LogP contribution in [0.5, 0.6) is 0 Å². The van der Waals surface area contributed by atoms with Gasteiger partial charge in [-0.1, -0.05) is 30.3 Å². The number of carbonyl (C=O) groups excluding carboxylic acids is 1. The first-order valence-electron chi connectivity index (χ1n) is 8.13. The van der Waals surface area contributed by atoms with Crippen molar-refractivity contribution < 1.29 is 13.2 Å². The largest absolute Gasteiger partial charge is 0.335 e. The third-order valence-electron chi connectivity index (χ3n) is 5.07. The lowest BCUT2D eigenvalue weighted by atomic mass is 10.1. The maximum Gasteiger partial charge on any atom is 0.317 e. The molecule has 0 bridgehead atoms. The van der Waals surface area contributed by atoms with E-state index in [0.717, 1.165) is 6.42 Å². The summed E-state index contributed by atoms with van der Waals surface area (Å²) in [4.78, 5) is 14.1. The lowest BCUT2D eigenvalue weighted by Gasteiger charge is -2.22. The molecule has 6 heteroatoms. The van der Waals surface area contributed by atoms with Crippen molar-refractivity contribution in [2.75, 3.05) is 18.8 Å². The third kappa shape index (κ3) is 3.37. The van der Waals surface area contributed by atoms with E-state index in [2.05, 4.69) is 17.4 Å². The zero-order valence-corrected chi connectivity index (χ0v) is 14.5. The molecule has 1 heterocycles. The van der Waals surface area contributed by atoms with E-state index in [9.17, 15) is 13.2 Å². The van der Waals surface area contributed by atoms with Gasteiger partial charge in [0.1, 0.15) is 0 Å². The van der Waals surface area contributed by atoms with Gasteiger partial charge < -0.3 is 10.2 Å². The van der Waals surface area contributed by atoms with Crippen LogP contribution in [0.1, 0.15) is 38.2 Å². The summed E-state index contributed by atoms with van der Waals surface area (Å²) in [5, 5.41) is 3.05. The fourth-order valence-electron chi connectivity index (χ4n) is 3.05. The molecule has 2 atom stereocenters. The second kappa shape index (κ2) is 5.82. The predicted octanol–water partition coefficient (Wildman–Crippen LogP) is 2.15. The first-order chi connectivity index (χ1) is 10.8. The lowest BCUT2D eigenvalue weighted by Crippen LogP contribution is -2.42. The van der Waals surface area contributed by atoms with E-state index in [1.54, 1.807) is 18.7 Å². The van der Waals surface area contributed by atoms with E-state index in [1.165, 1.54) is 5.56 Å². The topological polar surface area (TPSA) is 66.5 Å². The molecule has 1 saturated carbocycles. The zero-order valence-electron chi connectivity index (χ0n) is 13.7. The second-order valence-corrected chi connectivity index (χ2v) is 9.87. The molecule has 1 N–H and O–H groups in total. The van der Waals surface area contributed by atoms with Crippen molar-refractivity contribution >= 4 is 15.9 Å². The van der Waals surface area contributed by atoms with Crippen LogP contribution in [-0.4, -0.2) is 49.0 Å². The van der Waals surface area contributed by atoms with Gasteiger partial charge in [0.05, 0.1) is 10.5 Å². The standard InChI is InChI=1S/C17H24N2O3S/c1-17(2)8-9-19(10-11-23(17,21)22)16(20)18-15-12-14(15)13-6-4-3-5-7-13/h3-7,14-15H,8-12H2,1-2H3,(H,18,20)/t14-,15+/m0/s1. The van der Waals surface area contributed by atoms with Gasteiger partial charge in [0.25, 0.3) is 0 Å². The van der Waals surface area contributed by atoms with Crippen LogP contribution in [0.25, 0.3) is 0 Å². The molecule has 2 aliphatic rings. The smallest absolute Gasteiger partial charge is 0.317 e. The average Bonchev–Trinajstić information content (AvgIpc) is 3.27. The Bertz CT molecular complexity index is 685. The minimum absolute atomic E-state index is 0.0419. The third-order valence-corrected chi connectivity index (χ3v) is 7.68. The SMILES string of the molecule is CC1(C)CCN(C(=O)N[C@@H]2C[C@H]2c2ccccc2)CCS1(=O)=O. The van der Waals surface area contributed by atoms with Crippen molar-refractivity contribution in [1.29, 1.82) is 0 Å². The average molecular weight is 336 g/mol. The lowest BCUT2D eigenvalue weighted by molar-refractivity contribution is 0.199. The van der Waals surface area contributed by atoms with Gasteiger partial charge in [0.15, 0.2) is 9.84 Å². The summed E-state index contributed by atoms with van der Waals surface area (Å²) >= 11 is 0. The summed E-state index contributed by atoms with van der Waals surface area (Å²) in [6.07, 6.45) is 1.43. The van der Waals surface area contributed by atoms with Crippen LogP contribution in [0.2, 0.25) is 0 Å². The Morgan fingerprint density at radius 1 is 1.22 bits per heavy atom. The molecule has 5 nitrogen and oxygen atoms in total. The van der Waals surface area contributed by atoms with E-state index < -0.39 is 14.6 Å². The Balaban J connectivity index is 1.58. The monoisotopic (exact) mass is 336 g/mol. The van der Waals surface area contributed by atoms with E-state index in [0.29, 0.717) is 18.9 Å². The maximum absolute atomic E-state index is 12.4. The highest BCUT2D eigenvalue weighted by atomic mass is 32.2. The van der Waals surface area contributed by atoms with Crippen LogP contribution in [0, 0.1) is 0 Å². The van der Waals surface area contributed by atoms with Gasteiger partial charge >= 0.3 is 6.03 Å². The first kappa shape index (κ1) is 16.3. The zero-order chi connectivity index (χ0) is 16.7. The molecule has 0 aromatic heterocycles. The minimum atomic E-state index is -3.15. The Hall–Kier alpha value is -1.56. The van der Waals surface area contributed by atoms with E-state index in [-0.39, 0.29) is 24.4 Å². The summed E-state index contributed by atoms with van der Waals surface area (Å²) in [6.45, 7) is 4.26. The number of hydrogen-bond acceptors (Lipinski definition) is 3. The summed E-state index contributed by atoms with van der Waals surface area (Å²) in [5.74, 6) is 0.424. The quantitative estimate of drug-likeness (QED) is 0.900. The fourth-order valence-corrected chi connectivity index (χ4v) is 4.47. The summed E-state index contributed by atoms with van der Waals surface area (Å²) in [5.41, 5.74) is 1.25. The number of urea groups is 1. The summed E-state index contributed by atoms with van der Waals surface area (Å²) < 4.78 is 23.7. The molecule has 1 aromatic rings. The fraction of sp³-hybridized carbons (Fsp3) is 0.588. The Kier molecular flexibility index (Phi) is 4.12. The number of sulfone groups is 1. The molecule has 0 radical (unpaired) electrons. The number of hydrogen-bond donors (Lipinski definition) is 1. The van der Waals surface area contributed by atoms with Gasteiger partial charge in [-0.05, 0) is 32.3 Å². The van der Waals surface area contributed by atoms with Gasteiger partial charge in [-0.25, -0.2) is 13.2 Å². The van der Waals surface area contributed by atoms with Crippen molar-refractivity contribution in [3.8, 4) is 0 Å². The Morgan fingerprint density at radius 2 is 1.91 bits per heavy atom. The van der Waals surface area contributed by atoms with Crippen molar-refractivity contribution in [2.45, 2.75) is 43.4 Å². The Morgan fingerprint density at radius 3 is 2.61 bits per heavy atom. The Labute approximate surface area is 138 Å². The molecule has 1 aliphatic heterocycles. The molecule has 0 unspecified atom stereocenters. The normalized spacial score (nSPS) is 28.7. The summed E-state index contributed by atoms with van der Waals surface area (Å²) in [7, 11) is -3.15. The van der Waals surface area contributed by atoms with E-state index in [1.807, 2.05) is 18.2 Å². The minimum Gasteiger partial charge on any atom is -0.335 e. The van der Waals surface area contributed by atoms with Crippen LogP contribution < -0.4 is 5.32 Å². The number of carbonyl (C=O) groups is 1. The second-order valence-electron chi connectivity index (χ2n) is 7.12. The van der Waals surface area contributed by atoms with Crippen LogP contribution >= 0.6 is 0 Å². The van der Waals surface area contributed by atoms with E-state index in [4.69, 9.17) is 0 Å². The molecular formula is C17H24N2O3S. The first-order valence-corrected chi connectivity index (χ1v) is 9.78. The highest BCUT2D eigenvalue weighted by molar-refractivity contribution is 7.92. The highest BCUT2D eigenvalue weighted by Gasteiger charge is 2.42.